The van der Waals surface area contributed by atoms with Gasteiger partial charge in [-0.3, -0.25) is 0 Å². The first kappa shape index (κ1) is 21.8. The molecule has 0 aliphatic heterocycles. The minimum atomic E-state index is -3.59. The molecule has 0 spiro atoms. The van der Waals surface area contributed by atoms with E-state index in [1.54, 1.807) is 23.1 Å². The van der Waals surface area contributed by atoms with Gasteiger partial charge in [-0.1, -0.05) is 37.3 Å². The number of hydrogen-bond acceptors (Lipinski definition) is 4. The molecule has 1 atom stereocenters. The van der Waals surface area contributed by atoms with Gasteiger partial charge >= 0.3 is 16.1 Å². The fourth-order valence-electron chi connectivity index (χ4n) is 2.65. The number of rotatable bonds is 8. The van der Waals surface area contributed by atoms with Crippen LogP contribution >= 0.6 is 0 Å². The summed E-state index contributed by atoms with van der Waals surface area (Å²) in [6, 6.07) is 14.2. The number of benzene rings is 2. The Morgan fingerprint density at radius 1 is 1.14 bits per heavy atom. The summed E-state index contributed by atoms with van der Waals surface area (Å²) >= 11 is 0. The van der Waals surface area contributed by atoms with Crippen molar-refractivity contribution in [3.8, 4) is 5.75 Å². The predicted molar refractivity (Wildman–Crippen MR) is 112 cm³/mol. The zero-order valence-corrected chi connectivity index (χ0v) is 17.6. The van der Waals surface area contributed by atoms with Crippen LogP contribution in [0, 0.1) is 6.92 Å². The summed E-state index contributed by atoms with van der Waals surface area (Å²) in [6.07, 6.45) is 0.793. The Labute approximate surface area is 167 Å². The van der Waals surface area contributed by atoms with Crippen LogP contribution in [0.2, 0.25) is 0 Å². The van der Waals surface area contributed by atoms with Gasteiger partial charge in [0.2, 0.25) is 0 Å². The molecule has 1 N–H and O–H groups in total. The molecule has 0 saturated heterocycles. The van der Waals surface area contributed by atoms with Crippen molar-refractivity contribution in [3.63, 3.8) is 0 Å². The van der Waals surface area contributed by atoms with Crippen molar-refractivity contribution in [1.29, 1.82) is 0 Å². The molecular weight excluding hydrogens is 376 g/mol. The van der Waals surface area contributed by atoms with Crippen LogP contribution in [0.1, 0.15) is 38.3 Å². The third kappa shape index (κ3) is 5.99. The molecular formula is C21H28N2O4S. The molecule has 0 radical (unpaired) electrons. The van der Waals surface area contributed by atoms with Crippen LogP contribution in [0.15, 0.2) is 48.5 Å². The maximum absolute atomic E-state index is 12.9. The number of anilines is 1. The van der Waals surface area contributed by atoms with Crippen LogP contribution in [-0.4, -0.2) is 31.1 Å². The topological polar surface area (TPSA) is 75.7 Å². The van der Waals surface area contributed by atoms with Gasteiger partial charge in [-0.2, -0.15) is 8.42 Å². The first-order chi connectivity index (χ1) is 13.3. The molecule has 0 unspecified atom stereocenters. The van der Waals surface area contributed by atoms with Crippen LogP contribution < -0.4 is 9.50 Å². The maximum atomic E-state index is 12.9. The van der Waals surface area contributed by atoms with Crippen LogP contribution in [0.5, 0.6) is 5.75 Å². The summed E-state index contributed by atoms with van der Waals surface area (Å²) in [5.74, 6) is 0.150. The molecule has 0 aliphatic carbocycles. The molecule has 2 amide bonds. The minimum absolute atomic E-state index is 0.00738. The van der Waals surface area contributed by atoms with E-state index in [1.165, 1.54) is 6.92 Å². The van der Waals surface area contributed by atoms with Gasteiger partial charge in [-0.05, 0) is 56.5 Å². The second-order valence-corrected chi connectivity index (χ2v) is 8.57. The maximum Gasteiger partial charge on any atom is 0.322 e. The van der Waals surface area contributed by atoms with E-state index in [0.717, 1.165) is 23.2 Å². The lowest BCUT2D eigenvalue weighted by Gasteiger charge is -2.29. The third-order valence-corrected chi connectivity index (χ3v) is 5.75. The lowest BCUT2D eigenvalue weighted by atomic mass is 10.1. The van der Waals surface area contributed by atoms with E-state index < -0.39 is 10.1 Å². The number of urea groups is 1. The summed E-state index contributed by atoms with van der Waals surface area (Å²) in [5.41, 5.74) is 2.55. The van der Waals surface area contributed by atoms with Crippen LogP contribution in [0.3, 0.4) is 0 Å². The standard InChI is InChI=1S/C21H28N2O4S/c1-5-17(4)23(21(24)22-20-13-8-7-10-16(20)3)15-18-11-9-12-19(14-18)27-28(25,26)6-2/h7-14,17H,5-6,15H2,1-4H3,(H,22,24)/t17-/m1/s1. The highest BCUT2D eigenvalue weighted by atomic mass is 32.2. The van der Waals surface area contributed by atoms with Crippen molar-refractivity contribution in [3.05, 3.63) is 59.7 Å². The molecule has 0 saturated carbocycles. The van der Waals surface area contributed by atoms with E-state index in [0.29, 0.717) is 6.54 Å². The number of carbonyl (C=O) groups is 1. The average molecular weight is 405 g/mol. The molecule has 2 rings (SSSR count). The molecule has 7 heteroatoms. The van der Waals surface area contributed by atoms with Crippen LogP contribution in [0.4, 0.5) is 10.5 Å². The number of nitrogens with zero attached hydrogens (tertiary/aromatic N) is 1. The Morgan fingerprint density at radius 3 is 2.50 bits per heavy atom. The summed E-state index contributed by atoms with van der Waals surface area (Å²) in [7, 11) is -3.59. The normalized spacial score (nSPS) is 12.3. The molecule has 0 bridgehead atoms. The number of nitrogens with one attached hydrogen (secondary N) is 1. The molecule has 6 nitrogen and oxygen atoms in total. The number of aryl methyl sites for hydroxylation is 1. The summed E-state index contributed by atoms with van der Waals surface area (Å²) in [4.78, 5) is 14.7. The minimum Gasteiger partial charge on any atom is -0.382 e. The zero-order chi connectivity index (χ0) is 20.7. The van der Waals surface area contributed by atoms with E-state index in [-0.39, 0.29) is 23.6 Å². The van der Waals surface area contributed by atoms with Crippen LogP contribution in [-0.2, 0) is 16.7 Å². The van der Waals surface area contributed by atoms with Gasteiger partial charge in [0.1, 0.15) is 5.75 Å². The van der Waals surface area contributed by atoms with Gasteiger partial charge in [-0.15, -0.1) is 0 Å². The number of carbonyl (C=O) groups excluding carboxylic acids is 1. The second kappa shape index (κ2) is 9.59. The smallest absolute Gasteiger partial charge is 0.322 e. The highest BCUT2D eigenvalue weighted by Crippen LogP contribution is 2.20. The van der Waals surface area contributed by atoms with Crippen molar-refractivity contribution in [2.24, 2.45) is 0 Å². The summed E-state index contributed by atoms with van der Waals surface area (Å²) < 4.78 is 28.5. The van der Waals surface area contributed by atoms with E-state index in [1.807, 2.05) is 51.1 Å². The Morgan fingerprint density at radius 2 is 1.86 bits per heavy atom. The largest absolute Gasteiger partial charge is 0.382 e. The SMILES string of the molecule is CC[C@@H](C)N(Cc1cccc(OS(=O)(=O)CC)c1)C(=O)Nc1ccccc1C. The molecule has 152 valence electrons. The molecule has 2 aromatic carbocycles. The fourth-order valence-corrected chi connectivity index (χ4v) is 3.16. The lowest BCUT2D eigenvalue weighted by molar-refractivity contribution is 0.187. The molecule has 0 heterocycles. The van der Waals surface area contributed by atoms with Gasteiger partial charge in [0.25, 0.3) is 0 Å². The lowest BCUT2D eigenvalue weighted by Crippen LogP contribution is -2.40. The number of para-hydroxylation sites is 1. The average Bonchev–Trinajstić information content (AvgIpc) is 2.67. The second-order valence-electron chi connectivity index (χ2n) is 6.71. The van der Waals surface area contributed by atoms with E-state index >= 15 is 0 Å². The summed E-state index contributed by atoms with van der Waals surface area (Å²) in [5, 5.41) is 2.97. The van der Waals surface area contributed by atoms with Gasteiger partial charge < -0.3 is 14.4 Å². The van der Waals surface area contributed by atoms with Gasteiger partial charge in [0, 0.05) is 18.3 Å². The highest BCUT2D eigenvalue weighted by Gasteiger charge is 2.20. The molecule has 0 aliphatic rings. The van der Waals surface area contributed by atoms with Crippen molar-refractivity contribution in [2.75, 3.05) is 11.1 Å². The van der Waals surface area contributed by atoms with E-state index in [4.69, 9.17) is 4.18 Å². The molecule has 2 aromatic rings. The molecule has 28 heavy (non-hydrogen) atoms. The van der Waals surface area contributed by atoms with Gasteiger partial charge in [0.05, 0.1) is 5.75 Å². The Bertz CT molecular complexity index is 912. The number of amides is 2. The molecule has 0 aromatic heterocycles. The Balaban J connectivity index is 2.20. The van der Waals surface area contributed by atoms with Crippen LogP contribution in [0.25, 0.3) is 0 Å². The summed E-state index contributed by atoms with van der Waals surface area (Å²) in [6.45, 7) is 7.82. The highest BCUT2D eigenvalue weighted by molar-refractivity contribution is 7.87. The first-order valence-corrected chi connectivity index (χ1v) is 11.0. The van der Waals surface area contributed by atoms with Gasteiger partial charge in [0.15, 0.2) is 0 Å². The first-order valence-electron chi connectivity index (χ1n) is 9.40. The van der Waals surface area contributed by atoms with E-state index in [2.05, 4.69) is 5.32 Å². The fraction of sp³-hybridized carbons (Fsp3) is 0.381. The van der Waals surface area contributed by atoms with Crippen molar-refractivity contribution >= 4 is 21.8 Å². The Hall–Kier alpha value is -2.54. The zero-order valence-electron chi connectivity index (χ0n) is 16.8. The van der Waals surface area contributed by atoms with Crippen molar-refractivity contribution < 1.29 is 17.4 Å². The van der Waals surface area contributed by atoms with E-state index in [9.17, 15) is 13.2 Å². The number of hydrogen-bond donors (Lipinski definition) is 1. The quantitative estimate of drug-likeness (QED) is 0.655. The predicted octanol–water partition coefficient (Wildman–Crippen LogP) is 4.56. The van der Waals surface area contributed by atoms with Gasteiger partial charge in [-0.25, -0.2) is 4.79 Å². The molecule has 0 fully saturated rings. The monoisotopic (exact) mass is 404 g/mol. The third-order valence-electron chi connectivity index (χ3n) is 4.60. The Kier molecular flexibility index (Phi) is 7.45. The van der Waals surface area contributed by atoms with Crippen molar-refractivity contribution in [2.45, 2.75) is 46.7 Å². The van der Waals surface area contributed by atoms with Crippen molar-refractivity contribution in [1.82, 2.24) is 4.90 Å².